The first kappa shape index (κ1) is 16.0. The van der Waals surface area contributed by atoms with Crippen molar-refractivity contribution in [2.75, 3.05) is 52.5 Å². The molecule has 0 aromatic rings. The minimum Gasteiger partial charge on any atom is -0.450 e. The number of nitrogens with two attached hydrogens (primary N) is 1. The minimum absolute atomic E-state index is 0.108. The van der Waals surface area contributed by atoms with Gasteiger partial charge in [-0.2, -0.15) is 0 Å². The van der Waals surface area contributed by atoms with Gasteiger partial charge in [0.1, 0.15) is 0 Å². The summed E-state index contributed by atoms with van der Waals surface area (Å²) in [6, 6.07) is 0. The molecule has 2 aliphatic heterocycles. The smallest absolute Gasteiger partial charge is 0.409 e. The average Bonchev–Trinajstić information content (AvgIpc) is 2.55. The first-order valence-corrected chi connectivity index (χ1v) is 7.62. The minimum atomic E-state index is -0.482. The molecular formula is C14H25N3O4. The normalized spacial score (nSPS) is 22.0. The maximum Gasteiger partial charge on any atom is 0.409 e. The summed E-state index contributed by atoms with van der Waals surface area (Å²) in [5.41, 5.74) is 5.39. The standard InChI is InChI=1S/C14H25N3O4/c1-2-21-13(19)17-7-5-16(6-8-17)12(18)14(11-15)3-9-20-10-4-14/h2-11,15H2,1H3. The van der Waals surface area contributed by atoms with Crippen LogP contribution in [0.3, 0.4) is 0 Å². The van der Waals surface area contributed by atoms with Gasteiger partial charge in [0.2, 0.25) is 5.91 Å². The lowest BCUT2D eigenvalue weighted by molar-refractivity contribution is -0.148. The third-order valence-electron chi connectivity index (χ3n) is 4.39. The van der Waals surface area contributed by atoms with Crippen molar-refractivity contribution in [3.05, 3.63) is 0 Å². The van der Waals surface area contributed by atoms with Gasteiger partial charge in [-0.25, -0.2) is 4.79 Å². The predicted octanol–water partition coefficient (Wildman–Crippen LogP) is 0.0426. The van der Waals surface area contributed by atoms with Crippen molar-refractivity contribution in [3.8, 4) is 0 Å². The lowest BCUT2D eigenvalue weighted by Gasteiger charge is -2.42. The van der Waals surface area contributed by atoms with Gasteiger partial charge in [-0.1, -0.05) is 0 Å². The molecule has 120 valence electrons. The van der Waals surface area contributed by atoms with Crippen LogP contribution in [-0.2, 0) is 14.3 Å². The van der Waals surface area contributed by atoms with Crippen molar-refractivity contribution in [1.29, 1.82) is 0 Å². The molecule has 21 heavy (non-hydrogen) atoms. The van der Waals surface area contributed by atoms with E-state index in [9.17, 15) is 9.59 Å². The van der Waals surface area contributed by atoms with E-state index in [0.29, 0.717) is 65.4 Å². The van der Waals surface area contributed by atoms with Crippen LogP contribution < -0.4 is 5.73 Å². The molecule has 2 fully saturated rings. The third kappa shape index (κ3) is 3.47. The van der Waals surface area contributed by atoms with Crippen LogP contribution in [0.2, 0.25) is 0 Å². The summed E-state index contributed by atoms with van der Waals surface area (Å²) in [6.45, 7) is 5.80. The quantitative estimate of drug-likeness (QED) is 0.795. The first-order chi connectivity index (χ1) is 10.1. The molecule has 0 spiro atoms. The highest BCUT2D eigenvalue weighted by atomic mass is 16.6. The lowest BCUT2D eigenvalue weighted by Crippen LogP contribution is -2.57. The molecule has 0 saturated carbocycles. The van der Waals surface area contributed by atoms with E-state index in [1.165, 1.54) is 0 Å². The van der Waals surface area contributed by atoms with Gasteiger partial charge in [-0.05, 0) is 19.8 Å². The van der Waals surface area contributed by atoms with E-state index in [1.54, 1.807) is 11.8 Å². The Morgan fingerprint density at radius 3 is 2.24 bits per heavy atom. The van der Waals surface area contributed by atoms with Crippen molar-refractivity contribution in [2.24, 2.45) is 11.1 Å². The second-order valence-electron chi connectivity index (χ2n) is 5.57. The molecule has 2 aliphatic rings. The Morgan fingerprint density at radius 2 is 1.71 bits per heavy atom. The SMILES string of the molecule is CCOC(=O)N1CCN(C(=O)C2(CN)CCOCC2)CC1. The van der Waals surface area contributed by atoms with Crippen LogP contribution in [0.25, 0.3) is 0 Å². The zero-order chi connectivity index (χ0) is 15.3. The highest BCUT2D eigenvalue weighted by molar-refractivity contribution is 5.83. The van der Waals surface area contributed by atoms with Crippen LogP contribution in [0.1, 0.15) is 19.8 Å². The molecule has 7 nitrogen and oxygen atoms in total. The summed E-state index contributed by atoms with van der Waals surface area (Å²) in [6.07, 6.45) is 1.06. The number of carbonyl (C=O) groups is 2. The summed E-state index contributed by atoms with van der Waals surface area (Å²) >= 11 is 0. The summed E-state index contributed by atoms with van der Waals surface area (Å²) in [5.74, 6) is 0.108. The van der Waals surface area contributed by atoms with Crippen LogP contribution in [0.4, 0.5) is 4.79 Å². The topological polar surface area (TPSA) is 85.1 Å². The number of amides is 2. The Kier molecular flexibility index (Phi) is 5.41. The monoisotopic (exact) mass is 299 g/mol. The molecule has 2 amide bonds. The van der Waals surface area contributed by atoms with E-state index in [4.69, 9.17) is 15.2 Å². The van der Waals surface area contributed by atoms with Gasteiger partial charge in [-0.3, -0.25) is 4.79 Å². The van der Waals surface area contributed by atoms with Gasteiger partial charge in [-0.15, -0.1) is 0 Å². The Bertz CT molecular complexity index is 374. The van der Waals surface area contributed by atoms with Crippen LogP contribution in [0.15, 0.2) is 0 Å². The molecule has 2 saturated heterocycles. The number of piperazine rings is 1. The van der Waals surface area contributed by atoms with E-state index >= 15 is 0 Å². The molecule has 0 aliphatic carbocycles. The summed E-state index contributed by atoms with van der Waals surface area (Å²) in [4.78, 5) is 27.9. The Hall–Kier alpha value is -1.34. The summed E-state index contributed by atoms with van der Waals surface area (Å²) < 4.78 is 10.3. The number of rotatable bonds is 3. The van der Waals surface area contributed by atoms with Crippen LogP contribution in [0.5, 0.6) is 0 Å². The fourth-order valence-electron chi connectivity index (χ4n) is 2.91. The van der Waals surface area contributed by atoms with Crippen LogP contribution >= 0.6 is 0 Å². The molecular weight excluding hydrogens is 274 g/mol. The highest BCUT2D eigenvalue weighted by Gasteiger charge is 2.42. The van der Waals surface area contributed by atoms with E-state index in [2.05, 4.69) is 0 Å². The number of nitrogens with zero attached hydrogens (tertiary/aromatic N) is 2. The molecule has 0 atom stereocenters. The Balaban J connectivity index is 1.91. The molecule has 7 heteroatoms. The zero-order valence-electron chi connectivity index (χ0n) is 12.7. The van der Waals surface area contributed by atoms with Gasteiger partial charge < -0.3 is 25.0 Å². The second kappa shape index (κ2) is 7.09. The van der Waals surface area contributed by atoms with Gasteiger partial charge >= 0.3 is 6.09 Å². The highest BCUT2D eigenvalue weighted by Crippen LogP contribution is 2.32. The third-order valence-corrected chi connectivity index (χ3v) is 4.39. The number of hydrogen-bond donors (Lipinski definition) is 1. The summed E-state index contributed by atoms with van der Waals surface area (Å²) in [7, 11) is 0. The average molecular weight is 299 g/mol. The number of hydrogen-bond acceptors (Lipinski definition) is 5. The second-order valence-corrected chi connectivity index (χ2v) is 5.57. The molecule has 0 aromatic heterocycles. The van der Waals surface area contributed by atoms with Crippen molar-refractivity contribution in [2.45, 2.75) is 19.8 Å². The number of carbonyl (C=O) groups excluding carboxylic acids is 2. The van der Waals surface area contributed by atoms with Gasteiger partial charge in [0.25, 0.3) is 0 Å². The Labute approximate surface area is 125 Å². The van der Waals surface area contributed by atoms with Gasteiger partial charge in [0, 0.05) is 45.9 Å². The first-order valence-electron chi connectivity index (χ1n) is 7.62. The molecule has 0 aromatic carbocycles. The summed E-state index contributed by atoms with van der Waals surface area (Å²) in [5, 5.41) is 0. The largest absolute Gasteiger partial charge is 0.450 e. The molecule has 0 unspecified atom stereocenters. The van der Waals surface area contributed by atoms with E-state index in [-0.39, 0.29) is 12.0 Å². The maximum absolute atomic E-state index is 12.8. The van der Waals surface area contributed by atoms with Gasteiger partial charge in [0.05, 0.1) is 12.0 Å². The molecule has 0 bridgehead atoms. The Morgan fingerprint density at radius 1 is 1.14 bits per heavy atom. The fraction of sp³-hybridized carbons (Fsp3) is 0.857. The van der Waals surface area contributed by atoms with Crippen LogP contribution in [0, 0.1) is 5.41 Å². The number of ether oxygens (including phenoxy) is 2. The molecule has 0 radical (unpaired) electrons. The zero-order valence-corrected chi connectivity index (χ0v) is 12.7. The van der Waals surface area contributed by atoms with E-state index in [1.807, 2.05) is 4.90 Å². The predicted molar refractivity (Wildman–Crippen MR) is 76.7 cm³/mol. The van der Waals surface area contributed by atoms with Crippen molar-refractivity contribution in [1.82, 2.24) is 9.80 Å². The van der Waals surface area contributed by atoms with E-state index < -0.39 is 5.41 Å². The fourth-order valence-corrected chi connectivity index (χ4v) is 2.91. The van der Waals surface area contributed by atoms with Crippen molar-refractivity contribution in [3.63, 3.8) is 0 Å². The van der Waals surface area contributed by atoms with E-state index in [0.717, 1.165) is 0 Å². The van der Waals surface area contributed by atoms with Crippen molar-refractivity contribution < 1.29 is 19.1 Å². The van der Waals surface area contributed by atoms with Gasteiger partial charge in [0.15, 0.2) is 0 Å². The molecule has 2 N–H and O–H groups in total. The maximum atomic E-state index is 12.8. The molecule has 2 rings (SSSR count). The van der Waals surface area contributed by atoms with Crippen molar-refractivity contribution >= 4 is 12.0 Å². The van der Waals surface area contributed by atoms with Crippen LogP contribution in [-0.4, -0.2) is 74.3 Å². The lowest BCUT2D eigenvalue weighted by atomic mass is 9.78. The molecule has 2 heterocycles.